The fourth-order valence-electron chi connectivity index (χ4n) is 2.24. The molecule has 0 amide bonds. The first kappa shape index (κ1) is 9.44. The van der Waals surface area contributed by atoms with Gasteiger partial charge in [0.15, 0.2) is 0 Å². The first-order valence-electron chi connectivity index (χ1n) is 5.26. The maximum absolute atomic E-state index is 11.8. The maximum Gasteiger partial charge on any atom is 0.269 e. The maximum atomic E-state index is 11.8. The van der Waals surface area contributed by atoms with E-state index in [1.54, 1.807) is 7.05 Å². The number of fused-ring (bicyclic) bond motifs is 1. The Hall–Kier alpha value is -1.12. The van der Waals surface area contributed by atoms with Crippen LogP contribution in [0.25, 0.3) is 0 Å². The highest BCUT2D eigenvalue weighted by Crippen LogP contribution is 2.19. The van der Waals surface area contributed by atoms with Gasteiger partial charge in [-0.2, -0.15) is 5.10 Å². The van der Waals surface area contributed by atoms with Gasteiger partial charge in [-0.1, -0.05) is 6.42 Å². The molecule has 3 nitrogen and oxygen atoms in total. The van der Waals surface area contributed by atoms with Crippen LogP contribution < -0.4 is 5.56 Å². The molecule has 0 bridgehead atoms. The van der Waals surface area contributed by atoms with Crippen LogP contribution in [0.3, 0.4) is 0 Å². The van der Waals surface area contributed by atoms with Crippen molar-refractivity contribution in [2.24, 2.45) is 7.05 Å². The van der Waals surface area contributed by atoms with E-state index < -0.39 is 0 Å². The van der Waals surface area contributed by atoms with E-state index in [0.717, 1.165) is 30.5 Å². The molecular formula is C11H16N2O. The van der Waals surface area contributed by atoms with E-state index in [9.17, 15) is 4.79 Å². The summed E-state index contributed by atoms with van der Waals surface area (Å²) in [7, 11) is 1.74. The van der Waals surface area contributed by atoms with Gasteiger partial charge in [-0.15, -0.1) is 0 Å². The highest BCUT2D eigenvalue weighted by atomic mass is 16.1. The van der Waals surface area contributed by atoms with Crippen LogP contribution in [0.15, 0.2) is 4.79 Å². The molecule has 0 saturated heterocycles. The molecule has 0 spiro atoms. The average molecular weight is 192 g/mol. The number of rotatable bonds is 0. The van der Waals surface area contributed by atoms with E-state index in [1.807, 2.05) is 6.92 Å². The van der Waals surface area contributed by atoms with Gasteiger partial charge in [0, 0.05) is 12.6 Å². The van der Waals surface area contributed by atoms with E-state index in [1.165, 1.54) is 23.1 Å². The van der Waals surface area contributed by atoms with Gasteiger partial charge >= 0.3 is 0 Å². The summed E-state index contributed by atoms with van der Waals surface area (Å²) in [4.78, 5) is 11.8. The summed E-state index contributed by atoms with van der Waals surface area (Å²) in [5, 5.41) is 4.23. The number of aryl methyl sites for hydroxylation is 2. The molecule has 0 aromatic carbocycles. The Morgan fingerprint density at radius 1 is 1.14 bits per heavy atom. The van der Waals surface area contributed by atoms with Crippen molar-refractivity contribution >= 4 is 0 Å². The Morgan fingerprint density at radius 3 is 2.50 bits per heavy atom. The third kappa shape index (κ3) is 1.47. The molecule has 1 aliphatic rings. The summed E-state index contributed by atoms with van der Waals surface area (Å²) in [5.74, 6) is 0. The van der Waals surface area contributed by atoms with Gasteiger partial charge in [0.1, 0.15) is 0 Å². The van der Waals surface area contributed by atoms with Crippen LogP contribution in [0.5, 0.6) is 0 Å². The molecule has 0 unspecified atom stereocenters. The SMILES string of the molecule is Cc1nn(C)c(=O)c2c1CCCCC2. The normalized spacial score (nSPS) is 16.1. The van der Waals surface area contributed by atoms with E-state index in [0.29, 0.717) is 0 Å². The van der Waals surface area contributed by atoms with Crippen LogP contribution in [-0.4, -0.2) is 9.78 Å². The summed E-state index contributed by atoms with van der Waals surface area (Å²) >= 11 is 0. The van der Waals surface area contributed by atoms with E-state index >= 15 is 0 Å². The highest BCUT2D eigenvalue weighted by molar-refractivity contribution is 5.28. The minimum Gasteiger partial charge on any atom is -0.268 e. The zero-order valence-electron chi connectivity index (χ0n) is 8.84. The van der Waals surface area contributed by atoms with Gasteiger partial charge in [0.05, 0.1) is 5.69 Å². The number of hydrogen-bond acceptors (Lipinski definition) is 2. The lowest BCUT2D eigenvalue weighted by atomic mass is 10.0. The predicted octanol–water partition coefficient (Wildman–Crippen LogP) is 1.36. The first-order chi connectivity index (χ1) is 6.70. The molecule has 0 fully saturated rings. The molecule has 2 rings (SSSR count). The zero-order valence-corrected chi connectivity index (χ0v) is 8.84. The van der Waals surface area contributed by atoms with Gasteiger partial charge in [-0.3, -0.25) is 4.79 Å². The molecule has 0 N–H and O–H groups in total. The van der Waals surface area contributed by atoms with Crippen LogP contribution >= 0.6 is 0 Å². The monoisotopic (exact) mass is 192 g/mol. The van der Waals surface area contributed by atoms with E-state index in [-0.39, 0.29) is 5.56 Å². The zero-order chi connectivity index (χ0) is 10.1. The second-order valence-corrected chi connectivity index (χ2v) is 4.03. The Kier molecular flexibility index (Phi) is 2.40. The van der Waals surface area contributed by atoms with Gasteiger partial charge in [0.25, 0.3) is 5.56 Å². The first-order valence-corrected chi connectivity index (χ1v) is 5.26. The lowest BCUT2D eigenvalue weighted by molar-refractivity contribution is 0.668. The standard InChI is InChI=1S/C11H16N2O/c1-8-9-6-4-3-5-7-10(9)11(14)13(2)12-8/h3-7H2,1-2H3. The Labute approximate surface area is 83.8 Å². The summed E-state index contributed by atoms with van der Waals surface area (Å²) in [5.41, 5.74) is 3.36. The molecule has 0 radical (unpaired) electrons. The molecule has 0 saturated carbocycles. The molecule has 0 aliphatic heterocycles. The Balaban J connectivity index is 2.63. The Bertz CT molecular complexity index is 406. The highest BCUT2D eigenvalue weighted by Gasteiger charge is 2.15. The van der Waals surface area contributed by atoms with Crippen molar-refractivity contribution < 1.29 is 0 Å². The third-order valence-corrected chi connectivity index (χ3v) is 3.01. The van der Waals surface area contributed by atoms with Crippen LogP contribution in [0, 0.1) is 6.92 Å². The van der Waals surface area contributed by atoms with Crippen molar-refractivity contribution in [1.29, 1.82) is 0 Å². The van der Waals surface area contributed by atoms with Crippen molar-refractivity contribution in [3.05, 3.63) is 27.2 Å². The molecule has 1 aromatic heterocycles. The summed E-state index contributed by atoms with van der Waals surface area (Å²) in [6, 6.07) is 0. The minimum absolute atomic E-state index is 0.104. The van der Waals surface area contributed by atoms with Gasteiger partial charge < -0.3 is 0 Å². The smallest absolute Gasteiger partial charge is 0.268 e. The number of hydrogen-bond donors (Lipinski definition) is 0. The van der Waals surface area contributed by atoms with Gasteiger partial charge in [-0.25, -0.2) is 4.68 Å². The predicted molar refractivity (Wildman–Crippen MR) is 55.5 cm³/mol. The Morgan fingerprint density at radius 2 is 1.79 bits per heavy atom. The lowest BCUT2D eigenvalue weighted by Crippen LogP contribution is -2.26. The van der Waals surface area contributed by atoms with Crippen molar-refractivity contribution in [2.45, 2.75) is 39.0 Å². The van der Waals surface area contributed by atoms with Gasteiger partial charge in [-0.05, 0) is 38.2 Å². The van der Waals surface area contributed by atoms with Crippen molar-refractivity contribution in [1.82, 2.24) is 9.78 Å². The van der Waals surface area contributed by atoms with E-state index in [4.69, 9.17) is 0 Å². The van der Waals surface area contributed by atoms with Crippen LogP contribution in [0.2, 0.25) is 0 Å². The second-order valence-electron chi connectivity index (χ2n) is 4.03. The quantitative estimate of drug-likeness (QED) is 0.582. The van der Waals surface area contributed by atoms with Crippen LogP contribution in [0.4, 0.5) is 0 Å². The largest absolute Gasteiger partial charge is 0.269 e. The molecule has 3 heteroatoms. The van der Waals surface area contributed by atoms with Crippen molar-refractivity contribution in [2.75, 3.05) is 0 Å². The topological polar surface area (TPSA) is 34.9 Å². The van der Waals surface area contributed by atoms with Gasteiger partial charge in [0.2, 0.25) is 0 Å². The molecule has 1 aromatic rings. The lowest BCUT2D eigenvalue weighted by Gasteiger charge is -2.09. The molecule has 14 heavy (non-hydrogen) atoms. The van der Waals surface area contributed by atoms with Crippen LogP contribution in [-0.2, 0) is 19.9 Å². The third-order valence-electron chi connectivity index (χ3n) is 3.01. The number of nitrogens with zero attached hydrogens (tertiary/aromatic N) is 2. The number of aromatic nitrogens is 2. The molecular weight excluding hydrogens is 176 g/mol. The minimum atomic E-state index is 0.104. The molecule has 1 heterocycles. The molecule has 76 valence electrons. The fraction of sp³-hybridized carbons (Fsp3) is 0.636. The molecule has 0 atom stereocenters. The van der Waals surface area contributed by atoms with Crippen molar-refractivity contribution in [3.8, 4) is 0 Å². The summed E-state index contributed by atoms with van der Waals surface area (Å²) < 4.78 is 1.47. The summed E-state index contributed by atoms with van der Waals surface area (Å²) in [6.45, 7) is 2.00. The summed E-state index contributed by atoms with van der Waals surface area (Å²) in [6.07, 6.45) is 5.54. The van der Waals surface area contributed by atoms with E-state index in [2.05, 4.69) is 5.10 Å². The fourth-order valence-corrected chi connectivity index (χ4v) is 2.24. The van der Waals surface area contributed by atoms with Crippen LogP contribution in [0.1, 0.15) is 36.1 Å². The molecule has 1 aliphatic carbocycles. The average Bonchev–Trinajstić information content (AvgIpc) is 2.39. The second kappa shape index (κ2) is 3.56. The van der Waals surface area contributed by atoms with Crippen molar-refractivity contribution in [3.63, 3.8) is 0 Å².